The SMILES string of the molecule is C[C@H](c1ccc(F)cc1)N(C)C(=O)CN1CCC(c2nc3ccccc3s2)CC1. The van der Waals surface area contributed by atoms with E-state index < -0.39 is 0 Å². The number of piperidine rings is 1. The fraction of sp³-hybridized carbons (Fsp3) is 0.391. The van der Waals surface area contributed by atoms with E-state index in [2.05, 4.69) is 23.1 Å². The topological polar surface area (TPSA) is 36.4 Å². The number of amides is 1. The Labute approximate surface area is 175 Å². The molecule has 0 bridgehead atoms. The van der Waals surface area contributed by atoms with E-state index in [1.54, 1.807) is 28.4 Å². The first-order valence-corrected chi connectivity index (χ1v) is 10.9. The van der Waals surface area contributed by atoms with Crippen molar-refractivity contribution in [3.8, 4) is 0 Å². The number of hydrogen-bond donors (Lipinski definition) is 0. The number of para-hydroxylation sites is 1. The lowest BCUT2D eigenvalue weighted by molar-refractivity contribution is -0.133. The first kappa shape index (κ1) is 20.0. The number of likely N-dealkylation sites (tertiary alicyclic amines) is 1. The molecule has 29 heavy (non-hydrogen) atoms. The molecule has 3 aromatic rings. The number of likely N-dealkylation sites (N-methyl/N-ethyl adjacent to an activating group) is 1. The number of carbonyl (C=O) groups excluding carboxylic acids is 1. The average molecular weight is 412 g/mol. The molecule has 1 fully saturated rings. The van der Waals surface area contributed by atoms with E-state index in [1.165, 1.54) is 21.8 Å². The summed E-state index contributed by atoms with van der Waals surface area (Å²) in [7, 11) is 1.82. The number of hydrogen-bond acceptors (Lipinski definition) is 4. The van der Waals surface area contributed by atoms with Gasteiger partial charge in [0.05, 0.1) is 27.8 Å². The highest BCUT2D eigenvalue weighted by molar-refractivity contribution is 7.18. The van der Waals surface area contributed by atoms with Crippen molar-refractivity contribution in [3.05, 3.63) is 64.9 Å². The van der Waals surface area contributed by atoms with E-state index in [0.29, 0.717) is 12.5 Å². The molecule has 1 amide bonds. The Bertz CT molecular complexity index is 946. The van der Waals surface area contributed by atoms with Gasteiger partial charge in [-0.3, -0.25) is 9.69 Å². The Balaban J connectivity index is 1.31. The van der Waals surface area contributed by atoms with Crippen LogP contribution in [0.1, 0.15) is 42.3 Å². The second-order valence-electron chi connectivity index (χ2n) is 7.80. The summed E-state index contributed by atoms with van der Waals surface area (Å²) in [5, 5.41) is 1.22. The van der Waals surface area contributed by atoms with E-state index in [4.69, 9.17) is 4.98 Å². The van der Waals surface area contributed by atoms with Crippen molar-refractivity contribution in [1.82, 2.24) is 14.8 Å². The molecular formula is C23H26FN3OS. The Morgan fingerprint density at radius 1 is 1.21 bits per heavy atom. The third-order valence-corrected chi connectivity index (χ3v) is 7.13. The zero-order chi connectivity index (χ0) is 20.4. The molecule has 4 rings (SSSR count). The molecule has 4 nitrogen and oxygen atoms in total. The highest BCUT2D eigenvalue weighted by Gasteiger charge is 2.26. The first-order valence-electron chi connectivity index (χ1n) is 10.1. The van der Waals surface area contributed by atoms with Crippen LogP contribution in [0.2, 0.25) is 0 Å². The molecule has 2 heterocycles. The van der Waals surface area contributed by atoms with Gasteiger partial charge >= 0.3 is 0 Å². The van der Waals surface area contributed by atoms with Crippen molar-refractivity contribution in [3.63, 3.8) is 0 Å². The van der Waals surface area contributed by atoms with Crippen LogP contribution in [0, 0.1) is 5.82 Å². The molecule has 1 aliphatic rings. The smallest absolute Gasteiger partial charge is 0.236 e. The second kappa shape index (κ2) is 8.59. The van der Waals surface area contributed by atoms with Crippen LogP contribution in [0.5, 0.6) is 0 Å². The number of benzene rings is 2. The highest BCUT2D eigenvalue weighted by atomic mass is 32.1. The predicted octanol–water partition coefficient (Wildman–Crippen LogP) is 4.83. The van der Waals surface area contributed by atoms with Crippen molar-refractivity contribution in [2.45, 2.75) is 31.7 Å². The van der Waals surface area contributed by atoms with Gasteiger partial charge in [0.2, 0.25) is 5.91 Å². The summed E-state index contributed by atoms with van der Waals surface area (Å²) in [6.45, 7) is 4.22. The Morgan fingerprint density at radius 3 is 2.59 bits per heavy atom. The lowest BCUT2D eigenvalue weighted by atomic mass is 9.97. The third-order valence-electron chi connectivity index (χ3n) is 5.93. The molecule has 0 N–H and O–H groups in total. The fourth-order valence-corrected chi connectivity index (χ4v) is 5.02. The molecule has 1 aliphatic heterocycles. The predicted molar refractivity (Wildman–Crippen MR) is 116 cm³/mol. The molecule has 1 atom stereocenters. The van der Waals surface area contributed by atoms with Gasteiger partial charge in [0.1, 0.15) is 5.82 Å². The van der Waals surface area contributed by atoms with Gasteiger partial charge in [-0.25, -0.2) is 9.37 Å². The van der Waals surface area contributed by atoms with Crippen LogP contribution in [0.4, 0.5) is 4.39 Å². The van der Waals surface area contributed by atoms with Crippen LogP contribution < -0.4 is 0 Å². The van der Waals surface area contributed by atoms with Crippen molar-refractivity contribution in [2.24, 2.45) is 0 Å². The third kappa shape index (κ3) is 4.49. The highest BCUT2D eigenvalue weighted by Crippen LogP contribution is 2.33. The molecule has 0 aliphatic carbocycles. The standard InChI is InChI=1S/C23H26FN3OS/c1-16(17-7-9-19(24)10-8-17)26(2)22(28)15-27-13-11-18(12-14-27)23-25-20-5-3-4-6-21(20)29-23/h3-10,16,18H,11-15H2,1-2H3/t16-/m1/s1. The lowest BCUT2D eigenvalue weighted by Crippen LogP contribution is -2.42. The summed E-state index contributed by atoms with van der Waals surface area (Å²) < 4.78 is 14.4. The Kier molecular flexibility index (Phi) is 5.92. The van der Waals surface area contributed by atoms with Gasteiger partial charge in [-0.05, 0) is 62.7 Å². The number of nitrogens with zero attached hydrogens (tertiary/aromatic N) is 3. The zero-order valence-corrected chi connectivity index (χ0v) is 17.7. The van der Waals surface area contributed by atoms with Gasteiger partial charge in [-0.15, -0.1) is 11.3 Å². The van der Waals surface area contributed by atoms with Crippen molar-refractivity contribution in [1.29, 1.82) is 0 Å². The maximum atomic E-state index is 13.1. The molecule has 152 valence electrons. The van der Waals surface area contributed by atoms with E-state index in [9.17, 15) is 9.18 Å². The number of aromatic nitrogens is 1. The van der Waals surface area contributed by atoms with Crippen LogP contribution in [-0.2, 0) is 4.79 Å². The lowest BCUT2D eigenvalue weighted by Gasteiger charge is -2.33. The molecule has 0 unspecified atom stereocenters. The average Bonchev–Trinajstić information content (AvgIpc) is 3.18. The second-order valence-corrected chi connectivity index (χ2v) is 8.86. The zero-order valence-electron chi connectivity index (χ0n) is 16.8. The minimum atomic E-state index is -0.258. The minimum Gasteiger partial charge on any atom is -0.338 e. The molecule has 0 saturated carbocycles. The summed E-state index contributed by atoms with van der Waals surface area (Å²) >= 11 is 1.79. The molecule has 2 aromatic carbocycles. The Morgan fingerprint density at radius 2 is 1.90 bits per heavy atom. The molecule has 0 spiro atoms. The summed E-state index contributed by atoms with van der Waals surface area (Å²) in [5.41, 5.74) is 2.03. The molecule has 0 radical (unpaired) electrons. The molecular weight excluding hydrogens is 385 g/mol. The number of fused-ring (bicyclic) bond motifs is 1. The molecule has 1 aromatic heterocycles. The molecule has 1 saturated heterocycles. The normalized spacial score (nSPS) is 16.8. The van der Waals surface area contributed by atoms with E-state index in [-0.39, 0.29) is 17.8 Å². The largest absolute Gasteiger partial charge is 0.338 e. The fourth-order valence-electron chi connectivity index (χ4n) is 3.89. The summed E-state index contributed by atoms with van der Waals surface area (Å²) in [6.07, 6.45) is 2.06. The van der Waals surface area contributed by atoms with Crippen LogP contribution in [0.3, 0.4) is 0 Å². The number of carbonyl (C=O) groups is 1. The van der Waals surface area contributed by atoms with Gasteiger partial charge in [-0.2, -0.15) is 0 Å². The maximum absolute atomic E-state index is 13.1. The summed E-state index contributed by atoms with van der Waals surface area (Å²) in [4.78, 5) is 21.6. The van der Waals surface area contributed by atoms with Gasteiger partial charge in [-0.1, -0.05) is 24.3 Å². The van der Waals surface area contributed by atoms with Gasteiger partial charge in [0.15, 0.2) is 0 Å². The van der Waals surface area contributed by atoms with Gasteiger partial charge in [0, 0.05) is 13.0 Å². The minimum absolute atomic E-state index is 0.0802. The van der Waals surface area contributed by atoms with Gasteiger partial charge in [0.25, 0.3) is 0 Å². The maximum Gasteiger partial charge on any atom is 0.236 e. The number of halogens is 1. The quantitative estimate of drug-likeness (QED) is 0.603. The summed E-state index contributed by atoms with van der Waals surface area (Å²) in [6, 6.07) is 14.6. The number of rotatable bonds is 5. The van der Waals surface area contributed by atoms with Crippen LogP contribution in [0.15, 0.2) is 48.5 Å². The van der Waals surface area contributed by atoms with Crippen LogP contribution in [-0.4, -0.2) is 47.4 Å². The summed E-state index contributed by atoms with van der Waals surface area (Å²) in [5.74, 6) is 0.320. The monoisotopic (exact) mass is 411 g/mol. The van der Waals surface area contributed by atoms with E-state index >= 15 is 0 Å². The van der Waals surface area contributed by atoms with Crippen molar-refractivity contribution in [2.75, 3.05) is 26.7 Å². The first-order chi connectivity index (χ1) is 14.0. The van der Waals surface area contributed by atoms with Crippen LogP contribution in [0.25, 0.3) is 10.2 Å². The van der Waals surface area contributed by atoms with Gasteiger partial charge < -0.3 is 4.90 Å². The Hall–Kier alpha value is -2.31. The van der Waals surface area contributed by atoms with Crippen molar-refractivity contribution < 1.29 is 9.18 Å². The number of thiazole rings is 1. The molecule has 6 heteroatoms. The van der Waals surface area contributed by atoms with E-state index in [1.807, 2.05) is 20.0 Å². The van der Waals surface area contributed by atoms with Crippen LogP contribution >= 0.6 is 11.3 Å². The van der Waals surface area contributed by atoms with E-state index in [0.717, 1.165) is 37.0 Å². The van der Waals surface area contributed by atoms with Crippen molar-refractivity contribution >= 4 is 27.5 Å².